The van der Waals surface area contributed by atoms with Gasteiger partial charge in [-0.05, 0) is 0 Å². The highest BCUT2D eigenvalue weighted by Crippen LogP contribution is 2.22. The van der Waals surface area contributed by atoms with E-state index < -0.39 is 43.4 Å². The Morgan fingerprint density at radius 2 is 2.04 bits per heavy atom. The first-order valence-electron chi connectivity index (χ1n) is 7.94. The van der Waals surface area contributed by atoms with Crippen LogP contribution in [0.15, 0.2) is 15.7 Å². The number of aliphatic imine (C=N–C) groups is 1. The third kappa shape index (κ3) is 4.03. The van der Waals surface area contributed by atoms with Crippen LogP contribution in [0.1, 0.15) is 0 Å². The SMILES string of the molecule is [O-]/C(=N\c1c[n+](N2CCOCC2)no1)O[C@H]1O[C@H](CO)[C@@H](O)[C@H](O)[C@H]1O. The fraction of sp³-hybridized carbons (Fsp3) is 0.769. The Balaban J connectivity index is 1.63. The molecule has 0 aromatic carbocycles. The van der Waals surface area contributed by atoms with Crippen LogP contribution in [0.5, 0.6) is 0 Å². The molecule has 2 aliphatic rings. The molecular formula is C13H20N4O9. The molecule has 0 spiro atoms. The van der Waals surface area contributed by atoms with Gasteiger partial charge in [0, 0.05) is 0 Å². The molecular weight excluding hydrogens is 356 g/mol. The summed E-state index contributed by atoms with van der Waals surface area (Å²) in [6, 6.07) is 0. The Morgan fingerprint density at radius 1 is 1.31 bits per heavy atom. The highest BCUT2D eigenvalue weighted by Gasteiger charge is 2.42. The predicted molar refractivity (Wildman–Crippen MR) is 77.4 cm³/mol. The number of aliphatic hydroxyl groups is 4. The van der Waals surface area contributed by atoms with Crippen LogP contribution in [0.25, 0.3) is 0 Å². The third-order valence-corrected chi connectivity index (χ3v) is 3.99. The maximum absolute atomic E-state index is 11.9. The van der Waals surface area contributed by atoms with Crippen molar-refractivity contribution in [1.29, 1.82) is 0 Å². The van der Waals surface area contributed by atoms with E-state index in [9.17, 15) is 20.4 Å². The van der Waals surface area contributed by atoms with Gasteiger partial charge in [-0.2, -0.15) is 4.99 Å². The van der Waals surface area contributed by atoms with Gasteiger partial charge in [0.15, 0.2) is 6.08 Å². The lowest BCUT2D eigenvalue weighted by molar-refractivity contribution is -0.759. The van der Waals surface area contributed by atoms with E-state index in [0.29, 0.717) is 26.3 Å². The number of ether oxygens (including phenoxy) is 3. The van der Waals surface area contributed by atoms with Crippen LogP contribution >= 0.6 is 0 Å². The van der Waals surface area contributed by atoms with Crippen molar-refractivity contribution in [3.63, 3.8) is 0 Å². The summed E-state index contributed by atoms with van der Waals surface area (Å²) >= 11 is 0. The van der Waals surface area contributed by atoms with Crippen molar-refractivity contribution in [2.45, 2.75) is 30.7 Å². The van der Waals surface area contributed by atoms with E-state index in [4.69, 9.17) is 23.8 Å². The summed E-state index contributed by atoms with van der Waals surface area (Å²) in [6.45, 7) is 1.60. The molecule has 0 saturated carbocycles. The smallest absolute Gasteiger partial charge is 0.326 e. The van der Waals surface area contributed by atoms with Gasteiger partial charge in [-0.25, -0.2) is 0 Å². The van der Waals surface area contributed by atoms with E-state index >= 15 is 0 Å². The van der Waals surface area contributed by atoms with Crippen molar-refractivity contribution in [3.8, 4) is 0 Å². The summed E-state index contributed by atoms with van der Waals surface area (Å²) in [6.07, 6.45) is -7.54. The molecule has 4 N–H and O–H groups in total. The Morgan fingerprint density at radius 3 is 2.73 bits per heavy atom. The molecule has 0 bridgehead atoms. The Labute approximate surface area is 147 Å². The minimum Gasteiger partial charge on any atom is -0.570 e. The topological polar surface area (TPSA) is 177 Å². The van der Waals surface area contributed by atoms with Crippen LogP contribution in [-0.4, -0.2) is 95.4 Å². The fourth-order valence-corrected chi connectivity index (χ4v) is 2.55. The summed E-state index contributed by atoms with van der Waals surface area (Å²) in [4.78, 5) is 4.91. The summed E-state index contributed by atoms with van der Waals surface area (Å²) < 4.78 is 20.0. The van der Waals surface area contributed by atoms with Crippen molar-refractivity contribution in [2.75, 3.05) is 37.9 Å². The molecule has 13 heteroatoms. The number of aliphatic hydroxyl groups excluding tert-OH is 4. The lowest BCUT2D eigenvalue weighted by atomic mass is 9.99. The first kappa shape index (κ1) is 18.8. The quantitative estimate of drug-likeness (QED) is 0.225. The predicted octanol–water partition coefficient (Wildman–Crippen LogP) is -4.91. The zero-order chi connectivity index (χ0) is 18.7. The molecule has 1 aromatic heterocycles. The number of rotatable bonds is 4. The van der Waals surface area contributed by atoms with Crippen LogP contribution in [0, 0.1) is 0 Å². The molecule has 13 nitrogen and oxygen atoms in total. The fourth-order valence-electron chi connectivity index (χ4n) is 2.55. The van der Waals surface area contributed by atoms with Crippen LogP contribution in [0.4, 0.5) is 5.88 Å². The molecule has 1 aromatic rings. The summed E-state index contributed by atoms with van der Waals surface area (Å²) in [5.74, 6) is -0.147. The second-order valence-electron chi connectivity index (χ2n) is 5.72. The molecule has 2 aliphatic heterocycles. The molecule has 26 heavy (non-hydrogen) atoms. The summed E-state index contributed by atoms with van der Waals surface area (Å²) in [5.41, 5.74) is 0. The van der Waals surface area contributed by atoms with Crippen LogP contribution < -0.4 is 14.9 Å². The molecule has 0 amide bonds. The molecule has 3 rings (SSSR count). The van der Waals surface area contributed by atoms with Gasteiger partial charge in [0.05, 0.1) is 37.7 Å². The molecule has 0 radical (unpaired) electrons. The largest absolute Gasteiger partial charge is 0.570 e. The van der Waals surface area contributed by atoms with Gasteiger partial charge in [-0.3, -0.25) is 4.52 Å². The minimum absolute atomic E-state index is 0.147. The van der Waals surface area contributed by atoms with Crippen molar-refractivity contribution in [2.24, 2.45) is 4.99 Å². The number of hydrogen-bond donors (Lipinski definition) is 4. The molecule has 0 aliphatic carbocycles. The second kappa shape index (κ2) is 8.11. The van der Waals surface area contributed by atoms with E-state index in [0.717, 1.165) is 0 Å². The molecule has 2 fully saturated rings. The summed E-state index contributed by atoms with van der Waals surface area (Å²) in [7, 11) is 0. The van der Waals surface area contributed by atoms with E-state index in [1.807, 2.05) is 5.01 Å². The lowest BCUT2D eigenvalue weighted by Gasteiger charge is -2.42. The molecule has 2 saturated heterocycles. The number of nitrogens with zero attached hydrogens (tertiary/aromatic N) is 4. The standard InChI is InChI=1S/C13H20N4O9/c18-6-7-9(19)10(20)11(21)12(24-7)25-13(22)14-8-5-17(15-26-8)16-1-3-23-4-2-16/h5,7,9-12,18-21H,1-4,6H2/t7-,9-,10+,11-,12-/m1/s1. The van der Waals surface area contributed by atoms with E-state index in [1.165, 1.54) is 11.0 Å². The Hall–Kier alpha value is -2.03. The van der Waals surface area contributed by atoms with Crippen molar-refractivity contribution < 1.29 is 49.1 Å². The highest BCUT2D eigenvalue weighted by atomic mass is 16.7. The van der Waals surface area contributed by atoms with Crippen molar-refractivity contribution in [3.05, 3.63) is 6.20 Å². The van der Waals surface area contributed by atoms with Gasteiger partial charge in [0.1, 0.15) is 30.7 Å². The van der Waals surface area contributed by atoms with Crippen LogP contribution in [0.3, 0.4) is 0 Å². The maximum Gasteiger partial charge on any atom is 0.326 e. The van der Waals surface area contributed by atoms with Gasteiger partial charge in [0.25, 0.3) is 6.20 Å². The number of aromatic nitrogens is 2. The van der Waals surface area contributed by atoms with E-state index in [2.05, 4.69) is 10.3 Å². The molecule has 5 atom stereocenters. The Kier molecular flexibility index (Phi) is 5.85. The molecule has 146 valence electrons. The monoisotopic (exact) mass is 376 g/mol. The highest BCUT2D eigenvalue weighted by molar-refractivity contribution is 5.65. The number of hydrogen-bond acceptors (Lipinski definition) is 12. The Bertz CT molecular complexity index is 619. The minimum atomic E-state index is -1.71. The molecule has 3 heterocycles. The van der Waals surface area contributed by atoms with Gasteiger partial charge in [-0.1, -0.05) is 0 Å². The number of morpholine rings is 1. The van der Waals surface area contributed by atoms with Crippen molar-refractivity contribution >= 4 is 12.0 Å². The lowest BCUT2D eigenvalue weighted by Crippen LogP contribution is -2.62. The normalized spacial score (nSPS) is 33.3. The zero-order valence-electron chi connectivity index (χ0n) is 13.6. The maximum atomic E-state index is 11.9. The average molecular weight is 376 g/mol. The third-order valence-electron chi connectivity index (χ3n) is 3.99. The van der Waals surface area contributed by atoms with E-state index in [-0.39, 0.29) is 5.88 Å². The van der Waals surface area contributed by atoms with Crippen molar-refractivity contribution in [1.82, 2.24) is 5.27 Å². The average Bonchev–Trinajstić information content (AvgIpc) is 3.11. The second-order valence-corrected chi connectivity index (χ2v) is 5.72. The summed E-state index contributed by atoms with van der Waals surface area (Å²) in [5, 5.41) is 55.7. The van der Waals surface area contributed by atoms with Gasteiger partial charge >= 0.3 is 5.88 Å². The van der Waals surface area contributed by atoms with Crippen LogP contribution in [-0.2, 0) is 14.2 Å². The molecule has 0 unspecified atom stereocenters. The first-order chi connectivity index (χ1) is 12.5. The van der Waals surface area contributed by atoms with Gasteiger partial charge in [0.2, 0.25) is 5.27 Å². The first-order valence-corrected chi connectivity index (χ1v) is 7.94. The zero-order valence-corrected chi connectivity index (χ0v) is 13.6. The van der Waals surface area contributed by atoms with Gasteiger partial charge in [-0.15, -0.1) is 5.01 Å². The van der Waals surface area contributed by atoms with Crippen LogP contribution in [0.2, 0.25) is 0 Å². The van der Waals surface area contributed by atoms with E-state index in [1.54, 1.807) is 0 Å². The van der Waals surface area contributed by atoms with Gasteiger partial charge < -0.3 is 39.7 Å².